The number of nitriles is 1. The summed E-state index contributed by atoms with van der Waals surface area (Å²) in [6.45, 7) is 5.70. The average Bonchev–Trinajstić information content (AvgIpc) is 3.32. The van der Waals surface area contributed by atoms with Gasteiger partial charge in [-0.3, -0.25) is 4.90 Å². The Morgan fingerprint density at radius 3 is 2.80 bits per heavy atom. The van der Waals surface area contributed by atoms with E-state index in [2.05, 4.69) is 45.4 Å². The second kappa shape index (κ2) is 9.98. The van der Waals surface area contributed by atoms with E-state index >= 15 is 0 Å². The summed E-state index contributed by atoms with van der Waals surface area (Å²) in [6.07, 6.45) is 11.4. The number of hydrogen-bond acceptors (Lipinski definition) is 7. The highest BCUT2D eigenvalue weighted by Gasteiger charge is 2.43. The number of fused-ring (bicyclic) bond motifs is 1. The molecule has 5 rings (SSSR count). The molecule has 8 heteroatoms. The summed E-state index contributed by atoms with van der Waals surface area (Å²) in [5.41, 5.74) is 1.21. The first kappa shape index (κ1) is 23.8. The normalized spacial score (nSPS) is 24.4. The van der Waals surface area contributed by atoms with Crippen molar-refractivity contribution in [1.29, 1.82) is 5.26 Å². The fourth-order valence-electron chi connectivity index (χ4n) is 6.13. The van der Waals surface area contributed by atoms with E-state index in [1.54, 1.807) is 6.07 Å². The number of hydrogen-bond donors (Lipinski definition) is 2. The standard InChI is InChI=1S/C27H35FN6O/c1-27(2)15-20(14-21-7-6-12-34(21)27)31-25-23(28)17-30-26(33-25)32-19-10-11-24(18(13-19)16-29)35-22-8-4-3-5-9-22/h10-11,13,17,20-22H,3-9,12,14-15H2,1-2H3,(H2,30,31,32,33). The number of piperidine rings is 1. The van der Waals surface area contributed by atoms with Gasteiger partial charge in [0.25, 0.3) is 0 Å². The Labute approximate surface area is 207 Å². The molecule has 2 unspecified atom stereocenters. The van der Waals surface area contributed by atoms with Gasteiger partial charge >= 0.3 is 0 Å². The second-order valence-corrected chi connectivity index (χ2v) is 10.8. The van der Waals surface area contributed by atoms with Gasteiger partial charge < -0.3 is 15.4 Å². The van der Waals surface area contributed by atoms with Crippen LogP contribution in [0.3, 0.4) is 0 Å². The van der Waals surface area contributed by atoms with E-state index in [1.165, 1.54) is 38.3 Å². The fraction of sp³-hybridized carbons (Fsp3) is 0.593. The molecule has 2 atom stereocenters. The van der Waals surface area contributed by atoms with Crippen LogP contribution in [0.25, 0.3) is 0 Å². The molecule has 0 radical (unpaired) electrons. The molecule has 3 fully saturated rings. The van der Waals surface area contributed by atoms with Gasteiger partial charge in [0, 0.05) is 23.3 Å². The molecule has 35 heavy (non-hydrogen) atoms. The monoisotopic (exact) mass is 478 g/mol. The minimum Gasteiger partial charge on any atom is -0.489 e. The van der Waals surface area contributed by atoms with E-state index in [4.69, 9.17) is 4.74 Å². The maximum absolute atomic E-state index is 14.6. The van der Waals surface area contributed by atoms with Crippen molar-refractivity contribution in [2.45, 2.75) is 95.4 Å². The summed E-state index contributed by atoms with van der Waals surface area (Å²) in [7, 11) is 0. The highest BCUT2D eigenvalue weighted by Crippen LogP contribution is 2.38. The Morgan fingerprint density at radius 2 is 2.00 bits per heavy atom. The Balaban J connectivity index is 1.28. The molecule has 0 spiro atoms. The van der Waals surface area contributed by atoms with Crippen molar-refractivity contribution in [3.63, 3.8) is 0 Å². The van der Waals surface area contributed by atoms with E-state index in [-0.39, 0.29) is 29.5 Å². The molecule has 0 bridgehead atoms. The summed E-state index contributed by atoms with van der Waals surface area (Å²) >= 11 is 0. The molecule has 7 nitrogen and oxygen atoms in total. The summed E-state index contributed by atoms with van der Waals surface area (Å²) in [5.74, 6) is 0.646. The quantitative estimate of drug-likeness (QED) is 0.546. The molecule has 1 aromatic heterocycles. The van der Waals surface area contributed by atoms with Crippen LogP contribution in [0.5, 0.6) is 5.75 Å². The lowest BCUT2D eigenvalue weighted by atomic mass is 9.84. The number of anilines is 3. The molecule has 2 N–H and O–H groups in total. The van der Waals surface area contributed by atoms with Gasteiger partial charge in [-0.05, 0) is 90.0 Å². The van der Waals surface area contributed by atoms with Gasteiger partial charge in [-0.15, -0.1) is 0 Å². The third kappa shape index (κ3) is 5.35. The van der Waals surface area contributed by atoms with Gasteiger partial charge in [-0.1, -0.05) is 6.42 Å². The number of aromatic nitrogens is 2. The van der Waals surface area contributed by atoms with Crippen LogP contribution in [0.2, 0.25) is 0 Å². The average molecular weight is 479 g/mol. The number of halogens is 1. The largest absolute Gasteiger partial charge is 0.489 e. The van der Waals surface area contributed by atoms with Gasteiger partial charge in [-0.2, -0.15) is 10.2 Å². The lowest BCUT2D eigenvalue weighted by Crippen LogP contribution is -2.55. The maximum atomic E-state index is 14.6. The van der Waals surface area contributed by atoms with E-state index in [0.29, 0.717) is 23.0 Å². The van der Waals surface area contributed by atoms with Crippen LogP contribution in [0, 0.1) is 17.1 Å². The zero-order valence-electron chi connectivity index (χ0n) is 20.7. The first-order valence-corrected chi connectivity index (χ1v) is 12.9. The minimum absolute atomic E-state index is 0.0802. The van der Waals surface area contributed by atoms with Crippen LogP contribution in [-0.4, -0.2) is 45.1 Å². The number of rotatable bonds is 6. The van der Waals surface area contributed by atoms with Crippen LogP contribution in [0.4, 0.5) is 21.8 Å². The number of nitrogens with one attached hydrogen (secondary N) is 2. The summed E-state index contributed by atoms with van der Waals surface area (Å²) in [6, 6.07) is 8.32. The van der Waals surface area contributed by atoms with Crippen LogP contribution in [-0.2, 0) is 0 Å². The van der Waals surface area contributed by atoms with Crippen LogP contribution < -0.4 is 15.4 Å². The van der Waals surface area contributed by atoms with Crippen LogP contribution >= 0.6 is 0 Å². The van der Waals surface area contributed by atoms with Gasteiger partial charge in [0.1, 0.15) is 11.8 Å². The molecule has 0 amide bonds. The molecule has 186 valence electrons. The van der Waals surface area contributed by atoms with Crippen LogP contribution in [0.15, 0.2) is 24.4 Å². The number of ether oxygens (including phenoxy) is 1. The van der Waals surface area contributed by atoms with E-state index in [1.807, 2.05) is 12.1 Å². The third-order valence-corrected chi connectivity index (χ3v) is 7.74. The van der Waals surface area contributed by atoms with E-state index < -0.39 is 5.82 Å². The Bertz CT molecular complexity index is 1090. The molecule has 2 aromatic rings. The Hall–Kier alpha value is -2.92. The number of benzene rings is 1. The molecule has 2 saturated heterocycles. The van der Waals surface area contributed by atoms with Gasteiger partial charge in [-0.25, -0.2) is 9.37 Å². The predicted molar refractivity (Wildman–Crippen MR) is 134 cm³/mol. The maximum Gasteiger partial charge on any atom is 0.229 e. The fourth-order valence-corrected chi connectivity index (χ4v) is 6.13. The van der Waals surface area contributed by atoms with E-state index in [0.717, 1.165) is 32.2 Å². The lowest BCUT2D eigenvalue weighted by Gasteiger charge is -2.47. The third-order valence-electron chi connectivity index (χ3n) is 7.74. The summed E-state index contributed by atoms with van der Waals surface area (Å²) in [4.78, 5) is 11.2. The van der Waals surface area contributed by atoms with Gasteiger partial charge in [0.05, 0.1) is 17.9 Å². The van der Waals surface area contributed by atoms with Crippen molar-refractivity contribution in [3.8, 4) is 11.8 Å². The van der Waals surface area contributed by atoms with Gasteiger partial charge in [0.2, 0.25) is 5.95 Å². The highest BCUT2D eigenvalue weighted by molar-refractivity contribution is 5.61. The van der Waals surface area contributed by atoms with Crippen molar-refractivity contribution >= 4 is 17.5 Å². The summed E-state index contributed by atoms with van der Waals surface area (Å²) in [5, 5.41) is 16.1. The second-order valence-electron chi connectivity index (χ2n) is 10.8. The zero-order chi connectivity index (χ0) is 24.4. The highest BCUT2D eigenvalue weighted by atomic mass is 19.1. The molecule has 2 aliphatic heterocycles. The van der Waals surface area contributed by atoms with E-state index in [9.17, 15) is 9.65 Å². The zero-order valence-corrected chi connectivity index (χ0v) is 20.7. The minimum atomic E-state index is -0.462. The van der Waals surface area contributed by atoms with Crippen molar-refractivity contribution < 1.29 is 9.13 Å². The lowest BCUT2D eigenvalue weighted by molar-refractivity contribution is 0.0500. The first-order chi connectivity index (χ1) is 16.9. The topological polar surface area (TPSA) is 86.1 Å². The van der Waals surface area contributed by atoms with Gasteiger partial charge in [0.15, 0.2) is 11.6 Å². The molecular weight excluding hydrogens is 443 g/mol. The number of nitrogens with zero attached hydrogens (tertiary/aromatic N) is 4. The van der Waals surface area contributed by atoms with Crippen molar-refractivity contribution in [2.75, 3.05) is 17.2 Å². The Kier molecular flexibility index (Phi) is 6.79. The van der Waals surface area contributed by atoms with Crippen LogP contribution in [0.1, 0.15) is 77.2 Å². The van der Waals surface area contributed by atoms with Crippen molar-refractivity contribution in [1.82, 2.24) is 14.9 Å². The molecule has 1 aliphatic carbocycles. The summed E-state index contributed by atoms with van der Waals surface area (Å²) < 4.78 is 20.7. The molecular formula is C27H35FN6O. The molecule has 3 aliphatic rings. The Morgan fingerprint density at radius 1 is 1.17 bits per heavy atom. The first-order valence-electron chi connectivity index (χ1n) is 12.9. The molecule has 3 heterocycles. The smallest absolute Gasteiger partial charge is 0.229 e. The van der Waals surface area contributed by atoms with Crippen molar-refractivity contribution in [2.24, 2.45) is 0 Å². The molecule has 1 saturated carbocycles. The predicted octanol–water partition coefficient (Wildman–Crippen LogP) is 5.76. The molecule has 1 aromatic carbocycles. The van der Waals surface area contributed by atoms with Crippen molar-refractivity contribution in [3.05, 3.63) is 35.8 Å². The SMILES string of the molecule is CC1(C)CC(Nc2nc(Nc3ccc(OC4CCCCC4)c(C#N)c3)ncc2F)CC2CCCN21.